The Morgan fingerprint density at radius 2 is 1.91 bits per heavy atom. The monoisotopic (exact) mass is 454 g/mol. The predicted octanol–water partition coefficient (Wildman–Crippen LogP) is 5.06. The van der Waals surface area contributed by atoms with Gasteiger partial charge in [-0.05, 0) is 49.9 Å². The van der Waals surface area contributed by atoms with E-state index < -0.39 is 6.09 Å². The van der Waals surface area contributed by atoms with Crippen LogP contribution in [0.4, 0.5) is 10.5 Å². The van der Waals surface area contributed by atoms with Gasteiger partial charge >= 0.3 is 12.1 Å². The van der Waals surface area contributed by atoms with Gasteiger partial charge in [0.25, 0.3) is 0 Å². The van der Waals surface area contributed by atoms with Crippen LogP contribution in [0.2, 0.25) is 0 Å². The van der Waals surface area contributed by atoms with Gasteiger partial charge in [-0.1, -0.05) is 30.3 Å². The molecule has 1 saturated carbocycles. The topological polar surface area (TPSA) is 78.0 Å². The Kier molecular flexibility index (Phi) is 7.02. The molecule has 0 bridgehead atoms. The van der Waals surface area contributed by atoms with Crippen LogP contribution in [0.5, 0.6) is 0 Å². The first-order valence-electron chi connectivity index (χ1n) is 10.6. The standard InChI is InChI=1S/C24H26N2O5S/c1-16-7-3-5-9-20(16)26(24(28)29-2)15-31-23(27)17-11-12-18(13-17)30-14-22-25-19-8-4-6-10-21(19)32-22/h3-10,17-18H,11-15H2,1-2H3. The number of esters is 1. The van der Waals surface area contributed by atoms with Gasteiger partial charge in [0, 0.05) is 0 Å². The molecule has 1 fully saturated rings. The number of hydrogen-bond donors (Lipinski definition) is 0. The summed E-state index contributed by atoms with van der Waals surface area (Å²) in [5.41, 5.74) is 2.52. The first-order valence-corrected chi connectivity index (χ1v) is 11.4. The number of fused-ring (bicyclic) bond motifs is 1. The van der Waals surface area contributed by atoms with E-state index in [1.54, 1.807) is 17.4 Å². The summed E-state index contributed by atoms with van der Waals surface area (Å²) in [6.45, 7) is 2.14. The summed E-state index contributed by atoms with van der Waals surface area (Å²) in [4.78, 5) is 30.8. The van der Waals surface area contributed by atoms with Gasteiger partial charge in [-0.2, -0.15) is 0 Å². The third-order valence-electron chi connectivity index (χ3n) is 5.64. The molecule has 1 aliphatic carbocycles. The fraction of sp³-hybridized carbons (Fsp3) is 0.375. The van der Waals surface area contributed by atoms with E-state index in [0.717, 1.165) is 27.2 Å². The number of thiazole rings is 1. The Hall–Kier alpha value is -2.97. The fourth-order valence-electron chi connectivity index (χ4n) is 3.92. The van der Waals surface area contributed by atoms with Crippen LogP contribution in [0.25, 0.3) is 10.2 Å². The number of aryl methyl sites for hydroxylation is 1. The Balaban J connectivity index is 1.29. The summed E-state index contributed by atoms with van der Waals surface area (Å²) in [5.74, 6) is -0.565. The largest absolute Gasteiger partial charge is 0.452 e. The molecule has 0 saturated heterocycles. The maximum Gasteiger partial charge on any atom is 0.416 e. The predicted molar refractivity (Wildman–Crippen MR) is 123 cm³/mol. The maximum atomic E-state index is 12.6. The molecule has 1 amide bonds. The molecule has 0 N–H and O–H groups in total. The molecule has 1 heterocycles. The molecule has 168 valence electrons. The van der Waals surface area contributed by atoms with E-state index in [2.05, 4.69) is 4.98 Å². The SMILES string of the molecule is COC(=O)N(COC(=O)C1CCC(OCc2nc3ccccc3s2)C1)c1ccccc1C. The van der Waals surface area contributed by atoms with Crippen molar-refractivity contribution in [2.24, 2.45) is 5.92 Å². The van der Waals surface area contributed by atoms with Gasteiger partial charge < -0.3 is 14.2 Å². The van der Waals surface area contributed by atoms with Gasteiger partial charge in [0.15, 0.2) is 6.73 Å². The average Bonchev–Trinajstić information content (AvgIpc) is 3.45. The molecule has 0 radical (unpaired) electrons. The highest BCUT2D eigenvalue weighted by atomic mass is 32.1. The van der Waals surface area contributed by atoms with E-state index in [1.807, 2.05) is 49.4 Å². The third-order valence-corrected chi connectivity index (χ3v) is 6.65. The van der Waals surface area contributed by atoms with Crippen LogP contribution >= 0.6 is 11.3 Å². The number of benzene rings is 2. The van der Waals surface area contributed by atoms with E-state index in [1.165, 1.54) is 12.0 Å². The maximum absolute atomic E-state index is 12.6. The van der Waals surface area contributed by atoms with Crippen LogP contribution in [0.15, 0.2) is 48.5 Å². The zero-order valence-corrected chi connectivity index (χ0v) is 19.0. The zero-order chi connectivity index (χ0) is 22.5. The first kappa shape index (κ1) is 22.2. The van der Waals surface area contributed by atoms with Crippen LogP contribution in [-0.4, -0.2) is 37.0 Å². The molecule has 0 aliphatic heterocycles. The number of rotatable bonds is 7. The summed E-state index contributed by atoms with van der Waals surface area (Å²) < 4.78 is 17.5. The minimum Gasteiger partial charge on any atom is -0.452 e. The van der Waals surface area contributed by atoms with Crippen molar-refractivity contribution in [3.63, 3.8) is 0 Å². The minimum atomic E-state index is -0.574. The van der Waals surface area contributed by atoms with E-state index in [0.29, 0.717) is 25.1 Å². The van der Waals surface area contributed by atoms with Gasteiger partial charge in [-0.25, -0.2) is 14.7 Å². The van der Waals surface area contributed by atoms with Gasteiger partial charge in [-0.15, -0.1) is 11.3 Å². The summed E-state index contributed by atoms with van der Waals surface area (Å²) in [5, 5.41) is 0.934. The summed E-state index contributed by atoms with van der Waals surface area (Å²) in [6.07, 6.45) is 1.52. The molecule has 4 rings (SSSR count). The lowest BCUT2D eigenvalue weighted by molar-refractivity contribution is -0.148. The molecule has 32 heavy (non-hydrogen) atoms. The number of methoxy groups -OCH3 is 1. The van der Waals surface area contributed by atoms with Gasteiger partial charge in [0.2, 0.25) is 0 Å². The Labute approximate surface area is 190 Å². The molecule has 7 nitrogen and oxygen atoms in total. The van der Waals surface area contributed by atoms with Crippen LogP contribution < -0.4 is 4.90 Å². The van der Waals surface area contributed by atoms with Crippen LogP contribution in [0, 0.1) is 12.8 Å². The molecular formula is C24H26N2O5S. The highest BCUT2D eigenvalue weighted by molar-refractivity contribution is 7.18. The van der Waals surface area contributed by atoms with Gasteiger partial charge in [0.05, 0.1) is 41.6 Å². The number of para-hydroxylation sites is 2. The Morgan fingerprint density at radius 3 is 2.69 bits per heavy atom. The first-order chi connectivity index (χ1) is 15.5. The smallest absolute Gasteiger partial charge is 0.416 e. The lowest BCUT2D eigenvalue weighted by Gasteiger charge is -2.23. The van der Waals surface area contributed by atoms with Crippen molar-refractivity contribution in [1.29, 1.82) is 0 Å². The van der Waals surface area contributed by atoms with E-state index in [-0.39, 0.29) is 24.7 Å². The Morgan fingerprint density at radius 1 is 1.12 bits per heavy atom. The number of carbonyl (C=O) groups excluding carboxylic acids is 2. The van der Waals surface area contributed by atoms with Crippen molar-refractivity contribution >= 4 is 39.3 Å². The molecule has 1 aliphatic rings. The number of amides is 1. The van der Waals surface area contributed by atoms with Crippen LogP contribution in [-0.2, 0) is 25.6 Å². The van der Waals surface area contributed by atoms with Crippen molar-refractivity contribution in [2.45, 2.75) is 38.9 Å². The molecule has 8 heteroatoms. The van der Waals surface area contributed by atoms with Gasteiger partial charge in [-0.3, -0.25) is 4.79 Å². The average molecular weight is 455 g/mol. The van der Waals surface area contributed by atoms with E-state index in [4.69, 9.17) is 14.2 Å². The van der Waals surface area contributed by atoms with Crippen molar-refractivity contribution in [1.82, 2.24) is 4.98 Å². The number of ether oxygens (including phenoxy) is 3. The third kappa shape index (κ3) is 5.08. The number of aromatic nitrogens is 1. The van der Waals surface area contributed by atoms with E-state index >= 15 is 0 Å². The molecule has 2 unspecified atom stereocenters. The summed E-state index contributed by atoms with van der Waals surface area (Å²) in [6, 6.07) is 15.4. The second-order valence-corrected chi connectivity index (χ2v) is 8.91. The van der Waals surface area contributed by atoms with Crippen molar-refractivity contribution < 1.29 is 23.8 Å². The number of anilines is 1. The zero-order valence-electron chi connectivity index (χ0n) is 18.2. The summed E-state index contributed by atoms with van der Waals surface area (Å²) >= 11 is 1.63. The number of carbonyl (C=O) groups is 2. The lowest BCUT2D eigenvalue weighted by atomic mass is 10.1. The minimum absolute atomic E-state index is 0.00681. The van der Waals surface area contributed by atoms with Gasteiger partial charge in [0.1, 0.15) is 5.01 Å². The van der Waals surface area contributed by atoms with E-state index in [9.17, 15) is 9.59 Å². The number of nitrogens with zero attached hydrogens (tertiary/aromatic N) is 2. The highest BCUT2D eigenvalue weighted by Crippen LogP contribution is 2.31. The molecule has 0 spiro atoms. The Bertz CT molecular complexity index is 1070. The molecule has 3 aromatic rings. The van der Waals surface area contributed by atoms with Crippen LogP contribution in [0.1, 0.15) is 29.8 Å². The molecule has 1 aromatic heterocycles. The highest BCUT2D eigenvalue weighted by Gasteiger charge is 2.32. The molecular weight excluding hydrogens is 428 g/mol. The molecule has 2 aromatic carbocycles. The quantitative estimate of drug-likeness (QED) is 0.367. The summed E-state index contributed by atoms with van der Waals surface area (Å²) in [7, 11) is 1.31. The lowest BCUT2D eigenvalue weighted by Crippen LogP contribution is -2.35. The number of hydrogen-bond acceptors (Lipinski definition) is 7. The van der Waals surface area contributed by atoms with Crippen molar-refractivity contribution in [3.8, 4) is 0 Å². The second-order valence-electron chi connectivity index (χ2n) is 7.80. The van der Waals surface area contributed by atoms with Crippen LogP contribution in [0.3, 0.4) is 0 Å². The van der Waals surface area contributed by atoms with Crippen molar-refractivity contribution in [3.05, 3.63) is 59.1 Å². The normalized spacial score (nSPS) is 17.9. The fourth-order valence-corrected chi connectivity index (χ4v) is 4.81. The molecule has 2 atom stereocenters. The van der Waals surface area contributed by atoms with Crippen molar-refractivity contribution in [2.75, 3.05) is 18.7 Å². The second kappa shape index (κ2) is 10.1.